The third-order valence-corrected chi connectivity index (χ3v) is 6.61. The Bertz CT molecular complexity index is 322. The molecule has 2 aliphatic carbocycles. The second-order valence-corrected chi connectivity index (χ2v) is 13.1. The van der Waals surface area contributed by atoms with Crippen molar-refractivity contribution in [1.82, 2.24) is 0 Å². The third kappa shape index (κ3) is 2.57. The van der Waals surface area contributed by atoms with Crippen LogP contribution in [0.5, 0.6) is 0 Å². The van der Waals surface area contributed by atoms with Crippen molar-refractivity contribution in [3.8, 4) is 0 Å². The van der Waals surface area contributed by atoms with Crippen molar-refractivity contribution in [2.24, 2.45) is 0 Å². The Morgan fingerprint density at radius 2 is 1.93 bits per heavy atom. The molecule has 2 aliphatic rings. The molecule has 0 aromatic rings. The van der Waals surface area contributed by atoms with Gasteiger partial charge in [-0.1, -0.05) is 0 Å². The van der Waals surface area contributed by atoms with Crippen LogP contribution < -0.4 is 0 Å². The first-order valence-electron chi connectivity index (χ1n) is 6.07. The van der Waals surface area contributed by atoms with Crippen LogP contribution in [0.4, 0.5) is 0 Å². The maximum atomic E-state index is 2.50. The molecule has 0 nitrogen and oxygen atoms in total. The van der Waals surface area contributed by atoms with Gasteiger partial charge in [0.1, 0.15) is 0 Å². The first-order chi connectivity index (χ1) is 6.91. The summed E-state index contributed by atoms with van der Waals surface area (Å²) < 4.78 is 0.431. The number of hydrogen-bond donors (Lipinski definition) is 0. The van der Waals surface area contributed by atoms with E-state index in [-0.39, 0.29) is 0 Å². The van der Waals surface area contributed by atoms with E-state index in [2.05, 4.69) is 52.2 Å². The van der Waals surface area contributed by atoms with E-state index in [1.165, 1.54) is 31.7 Å². The molecule has 15 heavy (non-hydrogen) atoms. The van der Waals surface area contributed by atoms with Crippen molar-refractivity contribution in [2.45, 2.75) is 55.1 Å². The first kappa shape index (κ1) is 11.9. The standard InChI is InChI=1S/C13H21Si.Ti/c1-14(2,3)10-12-9-8-11-6-4-5-7-13(11)12;/h8-9H,4-7,10H2,1-3H3;. The van der Waals surface area contributed by atoms with Crippen LogP contribution in [0.2, 0.25) is 29.4 Å². The van der Waals surface area contributed by atoms with Gasteiger partial charge in [0.05, 0.1) is 0 Å². The zero-order valence-electron chi connectivity index (χ0n) is 10.2. The van der Waals surface area contributed by atoms with Gasteiger partial charge in [0, 0.05) is 0 Å². The van der Waals surface area contributed by atoms with Gasteiger partial charge in [0.15, 0.2) is 0 Å². The molecule has 0 aliphatic heterocycles. The Hall–Kier alpha value is 0.411. The van der Waals surface area contributed by atoms with Crippen LogP contribution in [0.1, 0.15) is 25.7 Å². The molecule has 0 spiro atoms. The summed E-state index contributed by atoms with van der Waals surface area (Å²) in [5.41, 5.74) is 3.47. The van der Waals surface area contributed by atoms with E-state index < -0.39 is 8.07 Å². The molecule has 2 rings (SSSR count). The molecule has 0 fully saturated rings. The summed E-state index contributed by atoms with van der Waals surface area (Å²) in [6.07, 6.45) is 10.5. The summed E-state index contributed by atoms with van der Waals surface area (Å²) in [6.45, 7) is 7.48. The number of rotatable bonds is 2. The maximum absolute atomic E-state index is 2.50. The molecule has 0 bridgehead atoms. The van der Waals surface area contributed by atoms with Gasteiger partial charge in [-0.05, 0) is 0 Å². The molecular formula is C13H21SiTi. The predicted octanol–water partition coefficient (Wildman–Crippen LogP) is 4.47. The van der Waals surface area contributed by atoms with Gasteiger partial charge in [-0.3, -0.25) is 0 Å². The Kier molecular flexibility index (Phi) is 3.18. The quantitative estimate of drug-likeness (QED) is 0.637. The molecule has 0 amide bonds. The summed E-state index contributed by atoms with van der Waals surface area (Å²) in [4.78, 5) is 0. The van der Waals surface area contributed by atoms with Crippen LogP contribution in [0.25, 0.3) is 0 Å². The van der Waals surface area contributed by atoms with Gasteiger partial charge in [0.2, 0.25) is 0 Å². The van der Waals surface area contributed by atoms with Crippen LogP contribution in [0.3, 0.4) is 0 Å². The minimum absolute atomic E-state index is 0.431. The summed E-state index contributed by atoms with van der Waals surface area (Å²) in [5, 5.41) is 0. The van der Waals surface area contributed by atoms with Gasteiger partial charge in [-0.2, -0.15) is 0 Å². The third-order valence-electron chi connectivity index (χ3n) is 3.43. The van der Waals surface area contributed by atoms with E-state index in [4.69, 9.17) is 0 Å². The number of allylic oxidation sites excluding steroid dienone is 4. The van der Waals surface area contributed by atoms with E-state index in [0.717, 1.165) is 0 Å². The zero-order valence-corrected chi connectivity index (χ0v) is 12.8. The second kappa shape index (κ2) is 4.01. The fourth-order valence-electron chi connectivity index (χ4n) is 2.97. The van der Waals surface area contributed by atoms with Gasteiger partial charge in [-0.15, -0.1) is 0 Å². The molecule has 0 saturated heterocycles. The van der Waals surface area contributed by atoms with Crippen molar-refractivity contribution in [1.29, 1.82) is 0 Å². The van der Waals surface area contributed by atoms with E-state index >= 15 is 0 Å². The Balaban J connectivity index is 2.23. The second-order valence-electron chi connectivity index (χ2n) is 6.25. The van der Waals surface area contributed by atoms with Crippen LogP contribution in [0, 0.1) is 0 Å². The molecule has 0 N–H and O–H groups in total. The van der Waals surface area contributed by atoms with Crippen LogP contribution in [-0.2, 0) is 20.4 Å². The predicted molar refractivity (Wildman–Crippen MR) is 65.5 cm³/mol. The van der Waals surface area contributed by atoms with Crippen molar-refractivity contribution in [3.63, 3.8) is 0 Å². The van der Waals surface area contributed by atoms with Crippen molar-refractivity contribution in [2.75, 3.05) is 0 Å². The molecule has 1 atom stereocenters. The van der Waals surface area contributed by atoms with Crippen LogP contribution in [-0.4, -0.2) is 8.07 Å². The van der Waals surface area contributed by atoms with Crippen LogP contribution >= 0.6 is 0 Å². The number of hydrogen-bond acceptors (Lipinski definition) is 0. The van der Waals surface area contributed by atoms with E-state index in [1.54, 1.807) is 11.1 Å². The molecule has 0 saturated carbocycles. The topological polar surface area (TPSA) is 0 Å². The Labute approximate surface area is 107 Å². The summed E-state index contributed by atoms with van der Waals surface area (Å²) in [7, 11) is -0.956. The molecule has 0 aromatic heterocycles. The van der Waals surface area contributed by atoms with Gasteiger partial charge < -0.3 is 0 Å². The average molecular weight is 253 g/mol. The van der Waals surface area contributed by atoms with Crippen molar-refractivity contribution in [3.05, 3.63) is 23.3 Å². The molecule has 2 heteroatoms. The molecule has 1 unspecified atom stereocenters. The fourth-order valence-corrected chi connectivity index (χ4v) is 8.03. The normalized spacial score (nSPS) is 30.8. The van der Waals surface area contributed by atoms with Gasteiger partial charge >= 0.3 is 107 Å². The molecule has 0 heterocycles. The Morgan fingerprint density at radius 1 is 1.27 bits per heavy atom. The molecule has 0 aromatic carbocycles. The van der Waals surface area contributed by atoms with Gasteiger partial charge in [0.25, 0.3) is 0 Å². The van der Waals surface area contributed by atoms with Crippen molar-refractivity contribution < 1.29 is 20.4 Å². The van der Waals surface area contributed by atoms with E-state index in [0.29, 0.717) is 3.72 Å². The SMILES string of the molecule is C[Si](C)(C)C[C]1([Ti])C=CC2=C1CCCC2. The first-order valence-corrected chi connectivity index (χ1v) is 10.6. The van der Waals surface area contributed by atoms with E-state index in [1.807, 2.05) is 0 Å². The summed E-state index contributed by atoms with van der Waals surface area (Å²) in [6, 6.07) is 1.43. The van der Waals surface area contributed by atoms with Gasteiger partial charge in [-0.25, -0.2) is 0 Å². The molecule has 81 valence electrons. The van der Waals surface area contributed by atoms with Crippen LogP contribution in [0.15, 0.2) is 23.3 Å². The molecular weight excluding hydrogens is 232 g/mol. The summed E-state index contributed by atoms with van der Waals surface area (Å²) in [5.74, 6) is 0. The van der Waals surface area contributed by atoms with E-state index in [9.17, 15) is 0 Å². The van der Waals surface area contributed by atoms with Crippen molar-refractivity contribution >= 4 is 8.07 Å². The zero-order chi connectivity index (χ0) is 11.1. The summed E-state index contributed by atoms with van der Waals surface area (Å²) >= 11 is 2.47. The Morgan fingerprint density at radius 3 is 2.60 bits per heavy atom. The fraction of sp³-hybridized carbons (Fsp3) is 0.692. The average Bonchev–Trinajstić information content (AvgIpc) is 2.42. The monoisotopic (exact) mass is 253 g/mol. The minimum atomic E-state index is -0.956. The molecule has 0 radical (unpaired) electrons.